The highest BCUT2D eigenvalue weighted by Crippen LogP contribution is 2.31. The number of nitrogens with zero attached hydrogens (tertiary/aromatic N) is 1. The molecule has 2 rings (SSSR count). The van der Waals surface area contributed by atoms with Crippen LogP contribution in [-0.4, -0.2) is 17.4 Å². The van der Waals surface area contributed by atoms with E-state index in [9.17, 15) is 4.79 Å². The first-order valence-electron chi connectivity index (χ1n) is 5.57. The predicted molar refractivity (Wildman–Crippen MR) is 63.7 cm³/mol. The van der Waals surface area contributed by atoms with Gasteiger partial charge in [-0.1, -0.05) is 24.4 Å². The summed E-state index contributed by atoms with van der Waals surface area (Å²) >= 11 is 5.98. The van der Waals surface area contributed by atoms with Crippen molar-refractivity contribution in [3.05, 3.63) is 28.5 Å². The summed E-state index contributed by atoms with van der Waals surface area (Å²) < 4.78 is 0. The quantitative estimate of drug-likeness (QED) is 0.876. The fraction of sp³-hybridized carbons (Fsp3) is 0.500. The Bertz CT molecular complexity index is 402. The number of pyridine rings is 1. The summed E-state index contributed by atoms with van der Waals surface area (Å²) in [6.07, 6.45) is 5.22. The van der Waals surface area contributed by atoms with Crippen LogP contribution in [-0.2, 0) is 0 Å². The Hall–Kier alpha value is -1.09. The van der Waals surface area contributed by atoms with Crippen molar-refractivity contribution in [3.8, 4) is 0 Å². The van der Waals surface area contributed by atoms with Crippen LogP contribution in [0.3, 0.4) is 0 Å². The minimum atomic E-state index is -0.127. The minimum absolute atomic E-state index is 0.127. The third-order valence-electron chi connectivity index (χ3n) is 2.77. The normalized spacial score (nSPS) is 14.9. The molecule has 1 aliphatic rings. The number of halogens is 1. The van der Waals surface area contributed by atoms with Crippen LogP contribution in [0.5, 0.6) is 0 Å². The van der Waals surface area contributed by atoms with E-state index >= 15 is 0 Å². The molecule has 0 saturated heterocycles. The van der Waals surface area contributed by atoms with E-state index in [2.05, 4.69) is 10.3 Å². The van der Waals surface area contributed by atoms with Gasteiger partial charge in [0.05, 0.1) is 10.6 Å². The van der Waals surface area contributed by atoms with Crippen molar-refractivity contribution in [1.29, 1.82) is 0 Å². The van der Waals surface area contributed by atoms with Crippen LogP contribution in [0.1, 0.15) is 35.3 Å². The Labute approximate surface area is 100 Å². The van der Waals surface area contributed by atoms with E-state index in [1.807, 2.05) is 6.92 Å². The van der Waals surface area contributed by atoms with Gasteiger partial charge in [0.2, 0.25) is 0 Å². The molecule has 0 aliphatic heterocycles. The summed E-state index contributed by atoms with van der Waals surface area (Å²) in [7, 11) is 0. The molecule has 0 bridgehead atoms. The Balaban J connectivity index is 1.91. The lowest BCUT2D eigenvalue weighted by molar-refractivity contribution is 0.0952. The number of rotatable bonds is 4. The number of nitrogens with one attached hydrogen (secondary N) is 1. The van der Waals surface area contributed by atoms with Gasteiger partial charge in [-0.2, -0.15) is 0 Å². The van der Waals surface area contributed by atoms with Crippen molar-refractivity contribution in [2.45, 2.75) is 26.2 Å². The Morgan fingerprint density at radius 1 is 1.62 bits per heavy atom. The molecule has 16 heavy (non-hydrogen) atoms. The van der Waals surface area contributed by atoms with Gasteiger partial charge in [0, 0.05) is 18.4 Å². The first kappa shape index (κ1) is 11.4. The molecule has 1 N–H and O–H groups in total. The lowest BCUT2D eigenvalue weighted by atomic mass is 10.2. The molecule has 1 aromatic rings. The third kappa shape index (κ3) is 2.95. The van der Waals surface area contributed by atoms with E-state index in [1.165, 1.54) is 19.0 Å². The maximum absolute atomic E-state index is 11.7. The van der Waals surface area contributed by atoms with E-state index in [1.54, 1.807) is 6.07 Å². The van der Waals surface area contributed by atoms with E-state index in [0.717, 1.165) is 24.6 Å². The van der Waals surface area contributed by atoms with E-state index in [-0.39, 0.29) is 5.91 Å². The van der Waals surface area contributed by atoms with Crippen molar-refractivity contribution >= 4 is 17.5 Å². The van der Waals surface area contributed by atoms with Gasteiger partial charge in [0.1, 0.15) is 0 Å². The van der Waals surface area contributed by atoms with Gasteiger partial charge in [0.25, 0.3) is 5.91 Å². The van der Waals surface area contributed by atoms with Gasteiger partial charge in [-0.15, -0.1) is 0 Å². The lowest BCUT2D eigenvalue weighted by Crippen LogP contribution is -2.25. The first-order valence-corrected chi connectivity index (χ1v) is 5.95. The van der Waals surface area contributed by atoms with Crippen LogP contribution in [0, 0.1) is 12.8 Å². The molecule has 1 heterocycles. The number of hydrogen-bond acceptors (Lipinski definition) is 2. The van der Waals surface area contributed by atoms with Gasteiger partial charge in [-0.05, 0) is 25.3 Å². The number of amides is 1. The molecule has 1 amide bonds. The van der Waals surface area contributed by atoms with Gasteiger partial charge >= 0.3 is 0 Å². The monoisotopic (exact) mass is 238 g/mol. The maximum atomic E-state index is 11.7. The molecule has 0 aromatic carbocycles. The van der Waals surface area contributed by atoms with E-state index < -0.39 is 0 Å². The third-order valence-corrected chi connectivity index (χ3v) is 3.08. The highest BCUT2D eigenvalue weighted by atomic mass is 35.5. The predicted octanol–water partition coefficient (Wildman–Crippen LogP) is 2.57. The summed E-state index contributed by atoms with van der Waals surface area (Å²) in [4.78, 5) is 15.8. The molecule has 1 saturated carbocycles. The van der Waals surface area contributed by atoms with Crippen LogP contribution >= 0.6 is 11.6 Å². The van der Waals surface area contributed by atoms with Crippen LogP contribution in [0.15, 0.2) is 12.3 Å². The van der Waals surface area contributed by atoms with Crippen LogP contribution in [0.25, 0.3) is 0 Å². The van der Waals surface area contributed by atoms with Crippen LogP contribution < -0.4 is 5.32 Å². The summed E-state index contributed by atoms with van der Waals surface area (Å²) in [5.74, 6) is 0.699. The van der Waals surface area contributed by atoms with Crippen molar-refractivity contribution < 1.29 is 4.79 Å². The van der Waals surface area contributed by atoms with Crippen LogP contribution in [0.2, 0.25) is 5.02 Å². The molecule has 1 aliphatic carbocycles. The summed E-state index contributed by atoms with van der Waals surface area (Å²) in [5.41, 5.74) is 1.28. The number of aromatic nitrogens is 1. The van der Waals surface area contributed by atoms with Crippen molar-refractivity contribution in [1.82, 2.24) is 10.3 Å². The molecule has 0 radical (unpaired) electrons. The van der Waals surface area contributed by atoms with Gasteiger partial charge in [0.15, 0.2) is 0 Å². The van der Waals surface area contributed by atoms with Gasteiger partial charge in [-0.25, -0.2) is 0 Å². The van der Waals surface area contributed by atoms with Crippen molar-refractivity contribution in [2.75, 3.05) is 6.54 Å². The molecule has 1 aromatic heterocycles. The number of carbonyl (C=O) groups excluding carboxylic acids is 1. The average molecular weight is 239 g/mol. The lowest BCUT2D eigenvalue weighted by Gasteiger charge is -2.06. The fourth-order valence-corrected chi connectivity index (χ4v) is 1.88. The van der Waals surface area contributed by atoms with Crippen molar-refractivity contribution in [2.24, 2.45) is 5.92 Å². The maximum Gasteiger partial charge on any atom is 0.254 e. The molecule has 1 fully saturated rings. The largest absolute Gasteiger partial charge is 0.352 e. The summed E-state index contributed by atoms with van der Waals surface area (Å²) in [6.45, 7) is 2.58. The smallest absolute Gasteiger partial charge is 0.254 e. The molecule has 0 atom stereocenters. The molecule has 86 valence electrons. The van der Waals surface area contributed by atoms with Gasteiger partial charge in [-0.3, -0.25) is 9.78 Å². The highest BCUT2D eigenvalue weighted by Gasteiger charge is 2.21. The standard InChI is InChI=1S/C12H15ClN2O/c1-8-6-11(13)10(7-15-8)12(16)14-5-4-9-2-3-9/h6-7,9H,2-5H2,1H3,(H,14,16). The zero-order valence-corrected chi connectivity index (χ0v) is 10.0. The number of carbonyl (C=O) groups is 1. The minimum Gasteiger partial charge on any atom is -0.352 e. The number of hydrogen-bond donors (Lipinski definition) is 1. The summed E-state index contributed by atoms with van der Waals surface area (Å²) in [6, 6.07) is 1.71. The topological polar surface area (TPSA) is 42.0 Å². The first-order chi connectivity index (χ1) is 7.66. The van der Waals surface area contributed by atoms with E-state index in [4.69, 9.17) is 11.6 Å². The zero-order chi connectivity index (χ0) is 11.5. The Morgan fingerprint density at radius 2 is 2.38 bits per heavy atom. The molecule has 4 heteroatoms. The molecule has 0 spiro atoms. The Morgan fingerprint density at radius 3 is 3.00 bits per heavy atom. The SMILES string of the molecule is Cc1cc(Cl)c(C(=O)NCCC2CC2)cn1. The molecular formula is C12H15ClN2O. The zero-order valence-electron chi connectivity index (χ0n) is 9.29. The molecule has 3 nitrogen and oxygen atoms in total. The molecular weight excluding hydrogens is 224 g/mol. The Kier molecular flexibility index (Phi) is 3.44. The van der Waals surface area contributed by atoms with Crippen LogP contribution in [0.4, 0.5) is 0 Å². The van der Waals surface area contributed by atoms with Gasteiger partial charge < -0.3 is 5.32 Å². The second-order valence-corrected chi connectivity index (χ2v) is 4.70. The second-order valence-electron chi connectivity index (χ2n) is 4.29. The number of aryl methyl sites for hydroxylation is 1. The second kappa shape index (κ2) is 4.83. The van der Waals surface area contributed by atoms with Crippen molar-refractivity contribution in [3.63, 3.8) is 0 Å². The molecule has 0 unspecified atom stereocenters. The van der Waals surface area contributed by atoms with E-state index in [0.29, 0.717) is 10.6 Å². The summed E-state index contributed by atoms with van der Waals surface area (Å²) in [5, 5.41) is 3.34. The fourth-order valence-electron chi connectivity index (χ4n) is 1.59. The average Bonchev–Trinajstić information content (AvgIpc) is 3.01. The highest BCUT2D eigenvalue weighted by molar-refractivity contribution is 6.33.